The van der Waals surface area contributed by atoms with Crippen molar-refractivity contribution >= 4 is 22.9 Å². The van der Waals surface area contributed by atoms with Crippen LogP contribution in [-0.4, -0.2) is 36.4 Å². The third-order valence-corrected chi connectivity index (χ3v) is 3.39. The van der Waals surface area contributed by atoms with Crippen LogP contribution in [0.25, 0.3) is 10.6 Å². The fourth-order valence-corrected chi connectivity index (χ4v) is 2.26. The largest absolute Gasteiger partial charge is 0.323 e. The second-order valence-corrected chi connectivity index (χ2v) is 5.46. The summed E-state index contributed by atoms with van der Waals surface area (Å²) in [7, 11) is 3.92. The molecule has 1 aromatic carbocycles. The molecule has 1 heterocycles. The Kier molecular flexibility index (Phi) is 5.03. The lowest BCUT2D eigenvalue weighted by molar-refractivity contribution is -0.111. The fraction of sp³-hybridized carbons (Fsp3) is 0.200. The lowest BCUT2D eigenvalue weighted by Gasteiger charge is -2.05. The molecular weight excluding hydrogens is 270 g/mol. The van der Waals surface area contributed by atoms with Gasteiger partial charge in [0.25, 0.3) is 0 Å². The van der Waals surface area contributed by atoms with Crippen LogP contribution in [0.3, 0.4) is 0 Å². The Bertz CT molecular complexity index is 574. The molecule has 104 valence electrons. The zero-order chi connectivity index (χ0) is 14.4. The Morgan fingerprint density at radius 3 is 2.70 bits per heavy atom. The quantitative estimate of drug-likeness (QED) is 0.860. The standard InChI is InChI=1S/C15H17N3OS/c1-18(2)10-3-4-14(19)17-13-7-5-12(6-8-13)15-16-9-11-20-15/h3-9,11H,10H2,1-2H3,(H,17,19)/b4-3+. The number of amides is 1. The minimum absolute atomic E-state index is 0.117. The Morgan fingerprint density at radius 2 is 2.10 bits per heavy atom. The van der Waals surface area contributed by atoms with Crippen LogP contribution in [0.15, 0.2) is 48.0 Å². The SMILES string of the molecule is CN(C)C/C=C/C(=O)Nc1ccc(-c2nccs2)cc1. The molecule has 0 aliphatic heterocycles. The maximum absolute atomic E-state index is 11.7. The molecular formula is C15H17N3OS. The van der Waals surface area contributed by atoms with Gasteiger partial charge in [-0.1, -0.05) is 6.08 Å². The molecule has 2 aromatic rings. The highest BCUT2D eigenvalue weighted by molar-refractivity contribution is 7.13. The number of nitrogens with one attached hydrogen (secondary N) is 1. The van der Waals surface area contributed by atoms with E-state index in [4.69, 9.17) is 0 Å². The van der Waals surface area contributed by atoms with Crippen LogP contribution >= 0.6 is 11.3 Å². The number of aromatic nitrogens is 1. The van der Waals surface area contributed by atoms with Gasteiger partial charge in [0.1, 0.15) is 5.01 Å². The van der Waals surface area contributed by atoms with Crippen molar-refractivity contribution < 1.29 is 4.79 Å². The summed E-state index contributed by atoms with van der Waals surface area (Å²) >= 11 is 1.60. The van der Waals surface area contributed by atoms with E-state index < -0.39 is 0 Å². The van der Waals surface area contributed by atoms with Gasteiger partial charge in [-0.05, 0) is 38.4 Å². The van der Waals surface area contributed by atoms with Gasteiger partial charge in [-0.25, -0.2) is 4.98 Å². The van der Waals surface area contributed by atoms with E-state index in [1.807, 2.05) is 54.7 Å². The number of nitrogens with zero attached hydrogens (tertiary/aromatic N) is 2. The highest BCUT2D eigenvalue weighted by Gasteiger charge is 2.01. The summed E-state index contributed by atoms with van der Waals surface area (Å²) in [6.45, 7) is 0.746. The predicted molar refractivity (Wildman–Crippen MR) is 83.9 cm³/mol. The van der Waals surface area contributed by atoms with Crippen LogP contribution in [0.5, 0.6) is 0 Å². The van der Waals surface area contributed by atoms with Gasteiger partial charge in [0.15, 0.2) is 0 Å². The Balaban J connectivity index is 1.94. The number of hydrogen-bond donors (Lipinski definition) is 1. The monoisotopic (exact) mass is 287 g/mol. The van der Waals surface area contributed by atoms with E-state index in [2.05, 4.69) is 10.3 Å². The number of rotatable bonds is 5. The molecule has 0 aliphatic carbocycles. The first-order valence-corrected chi connectivity index (χ1v) is 7.15. The average Bonchev–Trinajstić information content (AvgIpc) is 2.93. The minimum atomic E-state index is -0.117. The molecule has 1 amide bonds. The van der Waals surface area contributed by atoms with Crippen molar-refractivity contribution in [3.63, 3.8) is 0 Å². The first-order valence-electron chi connectivity index (χ1n) is 6.27. The van der Waals surface area contributed by atoms with Gasteiger partial charge in [-0.3, -0.25) is 4.79 Å². The summed E-state index contributed by atoms with van der Waals surface area (Å²) in [5, 5.41) is 5.75. The Hall–Kier alpha value is -1.98. The van der Waals surface area contributed by atoms with Crippen molar-refractivity contribution in [1.29, 1.82) is 0 Å². The molecule has 0 spiro atoms. The van der Waals surface area contributed by atoms with Crippen LogP contribution in [0, 0.1) is 0 Å². The van der Waals surface area contributed by atoms with Gasteiger partial charge in [-0.15, -0.1) is 11.3 Å². The molecule has 1 N–H and O–H groups in total. The van der Waals surface area contributed by atoms with Crippen molar-refractivity contribution in [2.45, 2.75) is 0 Å². The normalized spacial score (nSPS) is 11.2. The maximum Gasteiger partial charge on any atom is 0.248 e. The van der Waals surface area contributed by atoms with Crippen molar-refractivity contribution in [1.82, 2.24) is 9.88 Å². The summed E-state index contributed by atoms with van der Waals surface area (Å²) in [6.07, 6.45) is 5.17. The second kappa shape index (κ2) is 6.98. The van der Waals surface area contributed by atoms with Crippen molar-refractivity contribution in [3.05, 3.63) is 48.0 Å². The molecule has 4 nitrogen and oxygen atoms in total. The Morgan fingerprint density at radius 1 is 1.35 bits per heavy atom. The summed E-state index contributed by atoms with van der Waals surface area (Å²) in [5.74, 6) is -0.117. The number of anilines is 1. The van der Waals surface area contributed by atoms with Gasteiger partial charge in [0.2, 0.25) is 5.91 Å². The molecule has 0 aliphatic rings. The molecule has 0 saturated heterocycles. The fourth-order valence-electron chi connectivity index (χ4n) is 1.62. The number of benzene rings is 1. The molecule has 0 bridgehead atoms. The molecule has 0 fully saturated rings. The summed E-state index contributed by atoms with van der Waals surface area (Å²) in [4.78, 5) is 17.9. The van der Waals surface area contributed by atoms with E-state index in [1.54, 1.807) is 23.6 Å². The molecule has 5 heteroatoms. The van der Waals surface area contributed by atoms with E-state index in [0.717, 1.165) is 22.8 Å². The third kappa shape index (κ3) is 4.29. The van der Waals surface area contributed by atoms with Gasteiger partial charge >= 0.3 is 0 Å². The smallest absolute Gasteiger partial charge is 0.248 e. The molecule has 20 heavy (non-hydrogen) atoms. The molecule has 0 radical (unpaired) electrons. The summed E-state index contributed by atoms with van der Waals surface area (Å²) in [6, 6.07) is 7.68. The first-order chi connectivity index (χ1) is 9.65. The second-order valence-electron chi connectivity index (χ2n) is 4.57. The van der Waals surface area contributed by atoms with E-state index in [1.165, 1.54) is 0 Å². The number of likely N-dealkylation sites (N-methyl/N-ethyl adjacent to an activating group) is 1. The van der Waals surface area contributed by atoms with Crippen molar-refractivity contribution in [3.8, 4) is 10.6 Å². The number of thiazole rings is 1. The summed E-state index contributed by atoms with van der Waals surface area (Å²) in [5.41, 5.74) is 1.84. The van der Waals surface area contributed by atoms with Crippen LogP contribution in [0.4, 0.5) is 5.69 Å². The number of hydrogen-bond acceptors (Lipinski definition) is 4. The van der Waals surface area contributed by atoms with Crippen LogP contribution in [0.1, 0.15) is 0 Å². The zero-order valence-corrected chi connectivity index (χ0v) is 12.4. The lowest BCUT2D eigenvalue weighted by atomic mass is 10.2. The predicted octanol–water partition coefficient (Wildman–Crippen LogP) is 2.87. The van der Waals surface area contributed by atoms with Gasteiger partial charge in [-0.2, -0.15) is 0 Å². The van der Waals surface area contributed by atoms with Crippen molar-refractivity contribution in [2.75, 3.05) is 26.0 Å². The average molecular weight is 287 g/mol. The summed E-state index contributed by atoms with van der Waals surface area (Å²) < 4.78 is 0. The zero-order valence-electron chi connectivity index (χ0n) is 11.5. The highest BCUT2D eigenvalue weighted by Crippen LogP contribution is 2.23. The maximum atomic E-state index is 11.7. The van der Waals surface area contributed by atoms with Gasteiger partial charge < -0.3 is 10.2 Å². The lowest BCUT2D eigenvalue weighted by Crippen LogP contribution is -2.12. The number of carbonyl (C=O) groups excluding carboxylic acids is 1. The van der Waals surface area contributed by atoms with Crippen LogP contribution < -0.4 is 5.32 Å². The third-order valence-electron chi connectivity index (χ3n) is 2.57. The topological polar surface area (TPSA) is 45.2 Å². The number of carbonyl (C=O) groups is 1. The highest BCUT2D eigenvalue weighted by atomic mass is 32.1. The van der Waals surface area contributed by atoms with Crippen LogP contribution in [0.2, 0.25) is 0 Å². The van der Waals surface area contributed by atoms with Crippen molar-refractivity contribution in [2.24, 2.45) is 0 Å². The van der Waals surface area contributed by atoms with Crippen LogP contribution in [-0.2, 0) is 4.79 Å². The molecule has 0 saturated carbocycles. The molecule has 2 rings (SSSR count). The molecule has 0 atom stereocenters. The van der Waals surface area contributed by atoms with E-state index >= 15 is 0 Å². The van der Waals surface area contributed by atoms with E-state index in [0.29, 0.717) is 0 Å². The van der Waals surface area contributed by atoms with Gasteiger partial charge in [0, 0.05) is 35.4 Å². The van der Waals surface area contributed by atoms with E-state index in [9.17, 15) is 4.79 Å². The van der Waals surface area contributed by atoms with Gasteiger partial charge in [0.05, 0.1) is 0 Å². The van der Waals surface area contributed by atoms with E-state index in [-0.39, 0.29) is 5.91 Å². The Labute approximate surface area is 122 Å². The minimum Gasteiger partial charge on any atom is -0.323 e. The molecule has 0 unspecified atom stereocenters. The molecule has 1 aromatic heterocycles. The first kappa shape index (κ1) is 14.4.